The van der Waals surface area contributed by atoms with Gasteiger partial charge in [-0.2, -0.15) is 0 Å². The van der Waals surface area contributed by atoms with Gasteiger partial charge in [-0.05, 0) is 30.2 Å². The minimum Gasteiger partial charge on any atom is -0.489 e. The zero-order chi connectivity index (χ0) is 14.6. The first-order chi connectivity index (χ1) is 9.50. The highest BCUT2D eigenvalue weighted by Gasteiger charge is 2.34. The molecule has 0 aliphatic heterocycles. The van der Waals surface area contributed by atoms with E-state index in [9.17, 15) is 13.9 Å². The van der Waals surface area contributed by atoms with Gasteiger partial charge < -0.3 is 9.84 Å². The Bertz CT molecular complexity index is 536. The van der Waals surface area contributed by atoms with Gasteiger partial charge in [0.05, 0.1) is 0 Å². The molecule has 1 atom stereocenters. The maximum absolute atomic E-state index is 12.7. The first-order valence-corrected chi connectivity index (χ1v) is 6.28. The van der Waals surface area contributed by atoms with E-state index in [2.05, 4.69) is 0 Å². The Morgan fingerprint density at radius 3 is 2.20 bits per heavy atom. The molecule has 1 unspecified atom stereocenters. The third-order valence-electron chi connectivity index (χ3n) is 3.11. The normalized spacial score (nSPS) is 14.1. The third-order valence-corrected chi connectivity index (χ3v) is 3.11. The summed E-state index contributed by atoms with van der Waals surface area (Å²) in [4.78, 5) is 0. The van der Waals surface area contributed by atoms with E-state index >= 15 is 0 Å². The van der Waals surface area contributed by atoms with E-state index in [1.54, 1.807) is 12.1 Å². The molecule has 20 heavy (non-hydrogen) atoms. The summed E-state index contributed by atoms with van der Waals surface area (Å²) in [7, 11) is 0. The van der Waals surface area contributed by atoms with Gasteiger partial charge in [-0.15, -0.1) is 0 Å². The molecule has 2 nitrogen and oxygen atoms in total. The molecular formula is C16H16F2O2. The summed E-state index contributed by atoms with van der Waals surface area (Å²) in [5.74, 6) is 0.572. The average molecular weight is 278 g/mol. The largest absolute Gasteiger partial charge is 0.489 e. The van der Waals surface area contributed by atoms with Crippen LogP contribution in [-0.2, 0) is 12.2 Å². The van der Waals surface area contributed by atoms with E-state index in [1.165, 1.54) is 12.1 Å². The summed E-state index contributed by atoms with van der Waals surface area (Å²) in [6.07, 6.45) is -2.83. The lowest BCUT2D eigenvalue weighted by atomic mass is 9.97. The monoisotopic (exact) mass is 278 g/mol. The van der Waals surface area contributed by atoms with Crippen molar-refractivity contribution in [1.29, 1.82) is 0 Å². The third kappa shape index (κ3) is 3.33. The van der Waals surface area contributed by atoms with Crippen molar-refractivity contribution in [2.75, 3.05) is 0 Å². The molecule has 106 valence electrons. The number of rotatable bonds is 5. The SMILES string of the molecule is CC(O)(c1ccc(OCc2ccccc2)cc1)C(F)F. The van der Waals surface area contributed by atoms with Crippen molar-refractivity contribution in [2.45, 2.75) is 25.6 Å². The van der Waals surface area contributed by atoms with Crippen molar-refractivity contribution < 1.29 is 18.6 Å². The lowest BCUT2D eigenvalue weighted by molar-refractivity contribution is -0.0883. The molecule has 0 aliphatic rings. The maximum atomic E-state index is 12.7. The predicted molar refractivity (Wildman–Crippen MR) is 72.8 cm³/mol. The van der Waals surface area contributed by atoms with E-state index in [-0.39, 0.29) is 5.56 Å². The van der Waals surface area contributed by atoms with Gasteiger partial charge in [0.2, 0.25) is 0 Å². The molecule has 4 heteroatoms. The van der Waals surface area contributed by atoms with Crippen molar-refractivity contribution in [3.8, 4) is 5.75 Å². The Labute approximate surface area is 116 Å². The Hall–Kier alpha value is -1.94. The van der Waals surface area contributed by atoms with Crippen LogP contribution in [0.25, 0.3) is 0 Å². The fraction of sp³-hybridized carbons (Fsp3) is 0.250. The maximum Gasteiger partial charge on any atom is 0.270 e. The predicted octanol–water partition coefficient (Wildman–Crippen LogP) is 3.74. The molecule has 2 aromatic rings. The summed E-state index contributed by atoms with van der Waals surface area (Å²) < 4.78 is 30.9. The van der Waals surface area contributed by atoms with Crippen molar-refractivity contribution in [3.05, 3.63) is 65.7 Å². The molecule has 0 heterocycles. The summed E-state index contributed by atoms with van der Waals surface area (Å²) in [6, 6.07) is 15.7. The number of alkyl halides is 2. The molecule has 0 amide bonds. The zero-order valence-corrected chi connectivity index (χ0v) is 11.1. The molecule has 0 aliphatic carbocycles. The molecule has 0 fully saturated rings. The Morgan fingerprint density at radius 2 is 1.65 bits per heavy atom. The smallest absolute Gasteiger partial charge is 0.270 e. The highest BCUT2D eigenvalue weighted by molar-refractivity contribution is 5.31. The van der Waals surface area contributed by atoms with E-state index in [4.69, 9.17) is 4.74 Å². The van der Waals surface area contributed by atoms with Gasteiger partial charge in [-0.1, -0.05) is 42.5 Å². The van der Waals surface area contributed by atoms with Crippen LogP contribution in [0, 0.1) is 0 Å². The molecule has 1 N–H and O–H groups in total. The Morgan fingerprint density at radius 1 is 1.05 bits per heavy atom. The molecule has 0 aromatic heterocycles. The summed E-state index contributed by atoms with van der Waals surface area (Å²) in [5.41, 5.74) is -0.950. The van der Waals surface area contributed by atoms with Gasteiger partial charge in [0, 0.05) is 0 Å². The first-order valence-electron chi connectivity index (χ1n) is 6.28. The molecular weight excluding hydrogens is 262 g/mol. The van der Waals surface area contributed by atoms with E-state index in [0.717, 1.165) is 12.5 Å². The number of hydrogen-bond acceptors (Lipinski definition) is 2. The van der Waals surface area contributed by atoms with Crippen LogP contribution < -0.4 is 4.74 Å². The minimum absolute atomic E-state index is 0.166. The second-order valence-electron chi connectivity index (χ2n) is 4.75. The molecule has 0 saturated carbocycles. The topological polar surface area (TPSA) is 29.5 Å². The number of halogens is 2. The Kier molecular flexibility index (Phi) is 4.35. The quantitative estimate of drug-likeness (QED) is 0.902. The Balaban J connectivity index is 2.02. The highest BCUT2D eigenvalue weighted by atomic mass is 19.3. The molecule has 0 bridgehead atoms. The molecule has 2 rings (SSSR count). The van der Waals surface area contributed by atoms with Crippen LogP contribution in [0.4, 0.5) is 8.78 Å². The van der Waals surface area contributed by atoms with Gasteiger partial charge in [0.1, 0.15) is 18.0 Å². The second-order valence-corrected chi connectivity index (χ2v) is 4.75. The fourth-order valence-corrected chi connectivity index (χ4v) is 1.76. The standard InChI is InChI=1S/C16H16F2O2/c1-16(19,15(17)18)13-7-9-14(10-8-13)20-11-12-5-3-2-4-6-12/h2-10,15,19H,11H2,1H3. The van der Waals surface area contributed by atoms with E-state index < -0.39 is 12.0 Å². The van der Waals surface area contributed by atoms with Gasteiger partial charge >= 0.3 is 0 Å². The van der Waals surface area contributed by atoms with Crippen LogP contribution >= 0.6 is 0 Å². The second kappa shape index (κ2) is 6.01. The van der Waals surface area contributed by atoms with Gasteiger partial charge in [-0.3, -0.25) is 0 Å². The van der Waals surface area contributed by atoms with Crippen molar-refractivity contribution in [2.24, 2.45) is 0 Å². The van der Waals surface area contributed by atoms with Crippen LogP contribution in [0.3, 0.4) is 0 Å². The first kappa shape index (κ1) is 14.5. The van der Waals surface area contributed by atoms with Crippen LogP contribution in [0.1, 0.15) is 18.1 Å². The summed E-state index contributed by atoms with van der Waals surface area (Å²) in [5, 5.41) is 9.67. The zero-order valence-electron chi connectivity index (χ0n) is 11.1. The number of ether oxygens (including phenoxy) is 1. The lowest BCUT2D eigenvalue weighted by Gasteiger charge is -2.22. The van der Waals surface area contributed by atoms with Crippen LogP contribution in [-0.4, -0.2) is 11.5 Å². The van der Waals surface area contributed by atoms with E-state index in [0.29, 0.717) is 12.4 Å². The van der Waals surface area contributed by atoms with Crippen molar-refractivity contribution >= 4 is 0 Å². The van der Waals surface area contributed by atoms with Crippen molar-refractivity contribution in [1.82, 2.24) is 0 Å². The molecule has 0 saturated heterocycles. The van der Waals surface area contributed by atoms with Gasteiger partial charge in [0.15, 0.2) is 0 Å². The van der Waals surface area contributed by atoms with Crippen LogP contribution in [0.15, 0.2) is 54.6 Å². The van der Waals surface area contributed by atoms with Gasteiger partial charge in [0.25, 0.3) is 6.43 Å². The minimum atomic E-state index is -2.83. The number of hydrogen-bond donors (Lipinski definition) is 1. The fourth-order valence-electron chi connectivity index (χ4n) is 1.76. The molecule has 2 aromatic carbocycles. The van der Waals surface area contributed by atoms with Gasteiger partial charge in [-0.25, -0.2) is 8.78 Å². The lowest BCUT2D eigenvalue weighted by Crippen LogP contribution is -2.30. The number of benzene rings is 2. The van der Waals surface area contributed by atoms with Crippen LogP contribution in [0.5, 0.6) is 5.75 Å². The van der Waals surface area contributed by atoms with E-state index in [1.807, 2.05) is 30.3 Å². The van der Waals surface area contributed by atoms with Crippen molar-refractivity contribution in [3.63, 3.8) is 0 Å². The molecule has 0 radical (unpaired) electrons. The molecule has 0 spiro atoms. The average Bonchev–Trinajstić information content (AvgIpc) is 2.46. The van der Waals surface area contributed by atoms with Crippen LogP contribution in [0.2, 0.25) is 0 Å². The summed E-state index contributed by atoms with van der Waals surface area (Å²) in [6.45, 7) is 1.50. The number of aliphatic hydroxyl groups is 1. The summed E-state index contributed by atoms with van der Waals surface area (Å²) >= 11 is 0. The highest BCUT2D eigenvalue weighted by Crippen LogP contribution is 2.29.